The van der Waals surface area contributed by atoms with Crippen LogP contribution < -0.4 is 10.5 Å². The molecule has 0 saturated heterocycles. The van der Waals surface area contributed by atoms with Crippen LogP contribution in [-0.2, 0) is 0 Å². The number of H-pyrrole nitrogens is 1. The van der Waals surface area contributed by atoms with Crippen LogP contribution in [0.15, 0.2) is 0 Å². The van der Waals surface area contributed by atoms with Gasteiger partial charge in [-0.15, -0.1) is 4.68 Å². The van der Waals surface area contributed by atoms with E-state index in [0.717, 1.165) is 4.68 Å². The second-order valence-electron chi connectivity index (χ2n) is 2.27. The third kappa shape index (κ3) is 1.29. The molecule has 0 spiro atoms. The molecule has 2 aromatic heterocycles. The Morgan fingerprint density at radius 2 is 1.92 bits per heavy atom. The molecule has 0 bridgehead atoms. The number of hydrogen-bond acceptors (Lipinski definition) is 3. The fourth-order valence-corrected chi connectivity index (χ4v) is 1.53. The van der Waals surface area contributed by atoms with Crippen molar-refractivity contribution in [2.24, 2.45) is 0 Å². The number of halogens is 3. The van der Waals surface area contributed by atoms with E-state index >= 15 is 0 Å². The number of aromatic amines is 1. The Bertz CT molecular complexity index is 478. The van der Waals surface area contributed by atoms with E-state index in [-0.39, 0.29) is 15.7 Å². The Morgan fingerprint density at radius 3 is 2.62 bits per heavy atom. The number of imidazole rings is 1. The minimum Gasteiger partial charge on any atom is -0.288 e. The minimum absolute atomic E-state index is 0.0207. The predicted molar refractivity (Wildman–Crippen MR) is 49.3 cm³/mol. The molecular weight excluding hydrogens is 236 g/mol. The fourth-order valence-electron chi connectivity index (χ4n) is 0.936. The Morgan fingerprint density at radius 1 is 1.23 bits per heavy atom. The summed E-state index contributed by atoms with van der Waals surface area (Å²) in [4.78, 5) is 10.3. The molecule has 2 aromatic rings. The topological polar surface area (TPSA) is 71.5 Å². The molecule has 8 heteroatoms. The molecule has 0 amide bonds. The highest BCUT2D eigenvalue weighted by Gasteiger charge is 2.20. The van der Waals surface area contributed by atoms with Gasteiger partial charge in [-0.2, -0.15) is 4.98 Å². The van der Waals surface area contributed by atoms with Crippen molar-refractivity contribution in [2.45, 2.75) is 0 Å². The molecule has 0 fully saturated rings. The third-order valence-corrected chi connectivity index (χ3v) is 2.21. The quantitative estimate of drug-likeness (QED) is 0.236. The zero-order valence-corrected chi connectivity index (χ0v) is 8.32. The maximum absolute atomic E-state index is 5.75. The van der Waals surface area contributed by atoms with E-state index < -0.39 is 0 Å². The molecule has 3 N–H and O–H groups in total. The minimum atomic E-state index is 0.0207. The van der Waals surface area contributed by atoms with E-state index in [1.165, 1.54) is 0 Å². The first-order chi connectivity index (χ1) is 6.09. The van der Waals surface area contributed by atoms with Gasteiger partial charge in [0.25, 0.3) is 0 Å². The Labute approximate surface area is 87.4 Å². The molecule has 5 nitrogen and oxygen atoms in total. The number of aromatic nitrogens is 4. The van der Waals surface area contributed by atoms with Gasteiger partial charge in [-0.25, -0.2) is 0 Å². The molecule has 0 aliphatic heterocycles. The number of fused-ring (bicyclic) bond motifs is 1. The first-order valence-electron chi connectivity index (χ1n) is 3.17. The van der Waals surface area contributed by atoms with Crippen molar-refractivity contribution >= 4 is 46.0 Å². The van der Waals surface area contributed by atoms with Gasteiger partial charge in [0.2, 0.25) is 5.52 Å². The van der Waals surface area contributed by atoms with Crippen LogP contribution in [0, 0.1) is 0 Å². The highest BCUT2D eigenvalue weighted by atomic mass is 35.5. The number of hydrogen-bond donors (Lipinski definition) is 2. The highest BCUT2D eigenvalue weighted by Crippen LogP contribution is 2.19. The smallest absolute Gasteiger partial charge is 0.288 e. The van der Waals surface area contributed by atoms with Gasteiger partial charge in [-0.05, 0) is 23.2 Å². The van der Waals surface area contributed by atoms with Crippen LogP contribution in [0.1, 0.15) is 0 Å². The van der Waals surface area contributed by atoms with Crippen molar-refractivity contribution in [3.05, 3.63) is 15.7 Å². The summed E-state index contributed by atoms with van der Waals surface area (Å²) in [5.74, 6) is 5.52. The van der Waals surface area contributed by atoms with E-state index in [0.29, 0.717) is 11.2 Å². The molecule has 13 heavy (non-hydrogen) atoms. The predicted octanol–water partition coefficient (Wildman–Crippen LogP) is 0.919. The number of nitrogens with zero attached hydrogens (tertiary/aromatic N) is 3. The molecule has 0 atom stereocenters. The lowest BCUT2D eigenvalue weighted by Crippen LogP contribution is -2.44. The van der Waals surface area contributed by atoms with Gasteiger partial charge in [-0.3, -0.25) is 10.8 Å². The lowest BCUT2D eigenvalue weighted by atomic mass is 10.6. The van der Waals surface area contributed by atoms with Crippen molar-refractivity contribution in [1.29, 1.82) is 0 Å². The molecule has 0 aliphatic carbocycles. The van der Waals surface area contributed by atoms with E-state index in [2.05, 4.69) is 15.0 Å². The summed E-state index contributed by atoms with van der Waals surface area (Å²) in [5, 5.41) is 0.405. The Balaban J connectivity index is 2.94. The summed E-state index contributed by atoms with van der Waals surface area (Å²) in [5.41, 5.74) is 0.813. The van der Waals surface area contributed by atoms with Crippen molar-refractivity contribution < 1.29 is 4.68 Å². The summed E-state index contributed by atoms with van der Waals surface area (Å²) in [6, 6.07) is 0. The summed E-state index contributed by atoms with van der Waals surface area (Å²) in [6.07, 6.45) is 0. The molecule has 0 saturated carbocycles. The fraction of sp³-hybridized carbons (Fsp3) is 0. The first kappa shape index (κ1) is 8.80. The first-order valence-corrected chi connectivity index (χ1v) is 4.30. The van der Waals surface area contributed by atoms with Gasteiger partial charge in [0.05, 0.1) is 0 Å². The zero-order chi connectivity index (χ0) is 9.59. The second-order valence-corrected chi connectivity index (χ2v) is 3.32. The number of nitrogens with two attached hydrogens (primary N) is 1. The molecule has 0 radical (unpaired) electrons. The molecule has 68 valence electrons. The molecule has 0 aromatic carbocycles. The Kier molecular flexibility index (Phi) is 1.94. The highest BCUT2D eigenvalue weighted by molar-refractivity contribution is 6.35. The van der Waals surface area contributed by atoms with Crippen molar-refractivity contribution in [3.8, 4) is 0 Å². The standard InChI is InChI=1S/C5H2Cl3N5/c6-2-1-3(12-4(7)11-2)13(9)5(8)10-1/h9H2/p+1. The maximum Gasteiger partial charge on any atom is 0.331 e. The molecule has 0 unspecified atom stereocenters. The molecule has 2 rings (SSSR count). The van der Waals surface area contributed by atoms with Crippen LogP contribution in [-0.4, -0.2) is 15.0 Å². The Hall–Kier alpha value is -0.780. The maximum atomic E-state index is 5.75. The van der Waals surface area contributed by atoms with Gasteiger partial charge in [-0.1, -0.05) is 16.6 Å². The van der Waals surface area contributed by atoms with Gasteiger partial charge >= 0.3 is 16.2 Å². The van der Waals surface area contributed by atoms with Crippen LogP contribution in [0.4, 0.5) is 0 Å². The lowest BCUT2D eigenvalue weighted by Gasteiger charge is -1.87. The van der Waals surface area contributed by atoms with Crippen LogP contribution >= 0.6 is 34.8 Å². The normalized spacial score (nSPS) is 11.0. The summed E-state index contributed by atoms with van der Waals surface area (Å²) >= 11 is 17.0. The number of nitrogens with one attached hydrogen (secondary N) is 1. The molecule has 2 heterocycles. The van der Waals surface area contributed by atoms with E-state index in [1.807, 2.05) is 0 Å². The summed E-state index contributed by atoms with van der Waals surface area (Å²) in [6.45, 7) is 0. The lowest BCUT2D eigenvalue weighted by molar-refractivity contribution is -0.610. The van der Waals surface area contributed by atoms with E-state index in [1.54, 1.807) is 0 Å². The van der Waals surface area contributed by atoms with Gasteiger partial charge in [0, 0.05) is 0 Å². The van der Waals surface area contributed by atoms with Crippen LogP contribution in [0.25, 0.3) is 11.2 Å². The largest absolute Gasteiger partial charge is 0.331 e. The zero-order valence-electron chi connectivity index (χ0n) is 6.05. The molecule has 0 aliphatic rings. The monoisotopic (exact) mass is 238 g/mol. The second kappa shape index (κ2) is 2.87. The summed E-state index contributed by atoms with van der Waals surface area (Å²) in [7, 11) is 0. The SMILES string of the molecule is N[n+]1c(Cl)[nH]c2c(Cl)nc(Cl)nc21. The van der Waals surface area contributed by atoms with Crippen molar-refractivity contribution in [2.75, 3.05) is 5.84 Å². The molecular formula is C5H3Cl3N5+. The van der Waals surface area contributed by atoms with Gasteiger partial charge in [0.1, 0.15) is 0 Å². The van der Waals surface area contributed by atoms with Crippen molar-refractivity contribution in [1.82, 2.24) is 15.0 Å². The summed E-state index contributed by atoms with van der Waals surface area (Å²) < 4.78 is 1.14. The van der Waals surface area contributed by atoms with Crippen molar-refractivity contribution in [3.63, 3.8) is 0 Å². The third-order valence-electron chi connectivity index (χ3n) is 1.49. The van der Waals surface area contributed by atoms with E-state index in [9.17, 15) is 0 Å². The van der Waals surface area contributed by atoms with Crippen LogP contribution in [0.5, 0.6) is 0 Å². The number of nitrogen functional groups attached to an aromatic ring is 1. The van der Waals surface area contributed by atoms with Crippen LogP contribution in [0.3, 0.4) is 0 Å². The number of rotatable bonds is 0. The average molecular weight is 239 g/mol. The average Bonchev–Trinajstić information content (AvgIpc) is 2.32. The van der Waals surface area contributed by atoms with E-state index in [4.69, 9.17) is 40.6 Å². The van der Waals surface area contributed by atoms with Gasteiger partial charge in [0.15, 0.2) is 5.15 Å². The van der Waals surface area contributed by atoms with Crippen LogP contribution in [0.2, 0.25) is 15.7 Å². The van der Waals surface area contributed by atoms with Gasteiger partial charge < -0.3 is 0 Å².